The lowest BCUT2D eigenvalue weighted by atomic mass is 10.2. The van der Waals surface area contributed by atoms with Gasteiger partial charge in [0.05, 0.1) is 12.6 Å². The molecule has 2 heterocycles. The number of nitrogens with zero attached hydrogens (tertiary/aromatic N) is 3. The van der Waals surface area contributed by atoms with Crippen molar-refractivity contribution >= 4 is 0 Å². The van der Waals surface area contributed by atoms with E-state index >= 15 is 0 Å². The molecule has 1 aliphatic rings. The first-order valence-corrected chi connectivity index (χ1v) is 6.57. The summed E-state index contributed by atoms with van der Waals surface area (Å²) in [6, 6.07) is 0. The van der Waals surface area contributed by atoms with Gasteiger partial charge in [-0.15, -0.1) is 10.2 Å². The first-order chi connectivity index (χ1) is 8.27. The summed E-state index contributed by atoms with van der Waals surface area (Å²) in [6.45, 7) is 4.60. The molecule has 1 atom stereocenters. The standard InChI is InChI=1S/C12H22N4O/c1-10(17)5-4-7-13-9-12-15-14-11-6-2-3-8-16(11)12/h10,13,17H,2-9H2,1H3. The van der Waals surface area contributed by atoms with Gasteiger partial charge in [-0.05, 0) is 39.2 Å². The van der Waals surface area contributed by atoms with Gasteiger partial charge in [0.1, 0.15) is 11.6 Å². The second-order valence-corrected chi connectivity index (χ2v) is 4.81. The number of aliphatic hydroxyl groups is 1. The maximum atomic E-state index is 9.14. The Morgan fingerprint density at radius 2 is 2.29 bits per heavy atom. The van der Waals surface area contributed by atoms with Crippen LogP contribution < -0.4 is 5.32 Å². The number of aryl methyl sites for hydroxylation is 1. The predicted octanol–water partition coefficient (Wildman–Crippen LogP) is 0.865. The Morgan fingerprint density at radius 3 is 3.12 bits per heavy atom. The van der Waals surface area contributed by atoms with E-state index in [-0.39, 0.29) is 6.10 Å². The molecule has 0 aromatic carbocycles. The molecule has 1 aromatic heterocycles. The fourth-order valence-corrected chi connectivity index (χ4v) is 2.22. The molecule has 0 spiro atoms. The van der Waals surface area contributed by atoms with Crippen LogP contribution in [0.1, 0.15) is 44.3 Å². The third-order valence-corrected chi connectivity index (χ3v) is 3.19. The molecule has 0 fully saturated rings. The first kappa shape index (κ1) is 12.5. The average molecular weight is 238 g/mol. The Morgan fingerprint density at radius 1 is 1.41 bits per heavy atom. The van der Waals surface area contributed by atoms with E-state index in [0.717, 1.165) is 50.5 Å². The molecule has 0 amide bonds. The highest BCUT2D eigenvalue weighted by Gasteiger charge is 2.14. The second-order valence-electron chi connectivity index (χ2n) is 4.81. The van der Waals surface area contributed by atoms with Gasteiger partial charge in [-0.25, -0.2) is 0 Å². The zero-order valence-electron chi connectivity index (χ0n) is 10.5. The fourth-order valence-electron chi connectivity index (χ4n) is 2.22. The lowest BCUT2D eigenvalue weighted by Gasteiger charge is -2.14. The summed E-state index contributed by atoms with van der Waals surface area (Å²) >= 11 is 0. The largest absolute Gasteiger partial charge is 0.393 e. The molecule has 2 N–H and O–H groups in total. The van der Waals surface area contributed by atoms with Crippen LogP contribution in [0.3, 0.4) is 0 Å². The second kappa shape index (κ2) is 6.12. The molecule has 0 radical (unpaired) electrons. The van der Waals surface area contributed by atoms with Crippen molar-refractivity contribution in [3.8, 4) is 0 Å². The Bertz CT molecular complexity index is 348. The number of hydrogen-bond acceptors (Lipinski definition) is 4. The molecular weight excluding hydrogens is 216 g/mol. The van der Waals surface area contributed by atoms with E-state index in [1.54, 1.807) is 0 Å². The minimum absolute atomic E-state index is 0.197. The summed E-state index contributed by atoms with van der Waals surface area (Å²) in [5.74, 6) is 2.19. The van der Waals surface area contributed by atoms with Gasteiger partial charge in [0.25, 0.3) is 0 Å². The molecule has 1 unspecified atom stereocenters. The van der Waals surface area contributed by atoms with Gasteiger partial charge < -0.3 is 15.0 Å². The van der Waals surface area contributed by atoms with E-state index in [0.29, 0.717) is 0 Å². The van der Waals surface area contributed by atoms with Gasteiger partial charge in [-0.3, -0.25) is 0 Å². The van der Waals surface area contributed by atoms with E-state index in [9.17, 15) is 0 Å². The zero-order valence-corrected chi connectivity index (χ0v) is 10.5. The quantitative estimate of drug-likeness (QED) is 0.722. The van der Waals surface area contributed by atoms with Gasteiger partial charge in [0.15, 0.2) is 0 Å². The van der Waals surface area contributed by atoms with Crippen LogP contribution in [0.15, 0.2) is 0 Å². The summed E-state index contributed by atoms with van der Waals surface area (Å²) in [6.07, 6.45) is 5.19. The lowest BCUT2D eigenvalue weighted by Crippen LogP contribution is -2.21. The lowest BCUT2D eigenvalue weighted by molar-refractivity contribution is 0.181. The molecule has 17 heavy (non-hydrogen) atoms. The van der Waals surface area contributed by atoms with E-state index < -0.39 is 0 Å². The molecule has 1 aliphatic heterocycles. The maximum absolute atomic E-state index is 9.14. The van der Waals surface area contributed by atoms with Crippen LogP contribution in [0.5, 0.6) is 0 Å². The van der Waals surface area contributed by atoms with Crippen LogP contribution in [-0.2, 0) is 19.5 Å². The molecule has 5 nitrogen and oxygen atoms in total. The monoisotopic (exact) mass is 238 g/mol. The van der Waals surface area contributed by atoms with Crippen molar-refractivity contribution in [3.63, 3.8) is 0 Å². The highest BCUT2D eigenvalue weighted by atomic mass is 16.3. The number of hydrogen-bond donors (Lipinski definition) is 2. The van der Waals surface area contributed by atoms with Crippen LogP contribution in [0.25, 0.3) is 0 Å². The minimum Gasteiger partial charge on any atom is -0.393 e. The van der Waals surface area contributed by atoms with E-state index in [2.05, 4.69) is 20.1 Å². The molecule has 96 valence electrons. The van der Waals surface area contributed by atoms with Crippen LogP contribution in [0, 0.1) is 0 Å². The average Bonchev–Trinajstić information content (AvgIpc) is 2.72. The summed E-state index contributed by atoms with van der Waals surface area (Å²) in [5, 5.41) is 20.9. The van der Waals surface area contributed by atoms with Crippen molar-refractivity contribution < 1.29 is 5.11 Å². The number of aliphatic hydroxyl groups excluding tert-OH is 1. The predicted molar refractivity (Wildman–Crippen MR) is 65.6 cm³/mol. The van der Waals surface area contributed by atoms with Crippen LogP contribution in [0.2, 0.25) is 0 Å². The maximum Gasteiger partial charge on any atom is 0.147 e. The van der Waals surface area contributed by atoms with Crippen molar-refractivity contribution in [2.75, 3.05) is 6.54 Å². The Kier molecular flexibility index (Phi) is 4.50. The molecule has 0 saturated heterocycles. The third kappa shape index (κ3) is 3.51. The molecular formula is C12H22N4O. The number of nitrogens with one attached hydrogen (secondary N) is 1. The molecule has 5 heteroatoms. The SMILES string of the molecule is CC(O)CCCNCc1nnc2n1CCCC2. The third-order valence-electron chi connectivity index (χ3n) is 3.19. The summed E-state index contributed by atoms with van der Waals surface area (Å²) < 4.78 is 2.24. The van der Waals surface area contributed by atoms with Crippen molar-refractivity contribution in [3.05, 3.63) is 11.6 Å². The van der Waals surface area contributed by atoms with Gasteiger partial charge in [0, 0.05) is 13.0 Å². The summed E-state index contributed by atoms with van der Waals surface area (Å²) in [5.41, 5.74) is 0. The Balaban J connectivity index is 1.74. The number of fused-ring (bicyclic) bond motifs is 1. The van der Waals surface area contributed by atoms with E-state index in [4.69, 9.17) is 5.11 Å². The molecule has 0 saturated carbocycles. The molecule has 0 aliphatic carbocycles. The van der Waals surface area contributed by atoms with Crippen LogP contribution in [0.4, 0.5) is 0 Å². The van der Waals surface area contributed by atoms with E-state index in [1.165, 1.54) is 12.8 Å². The smallest absolute Gasteiger partial charge is 0.147 e. The Labute approximate surface area is 102 Å². The zero-order chi connectivity index (χ0) is 12.1. The molecule has 1 aromatic rings. The number of rotatable bonds is 6. The molecule has 0 bridgehead atoms. The summed E-state index contributed by atoms with van der Waals surface area (Å²) in [4.78, 5) is 0. The normalized spacial score (nSPS) is 16.8. The topological polar surface area (TPSA) is 63.0 Å². The van der Waals surface area contributed by atoms with Gasteiger partial charge in [-0.1, -0.05) is 0 Å². The van der Waals surface area contributed by atoms with Gasteiger partial charge >= 0.3 is 0 Å². The van der Waals surface area contributed by atoms with Crippen molar-refractivity contribution in [2.45, 2.75) is 58.2 Å². The molecule has 2 rings (SSSR count). The van der Waals surface area contributed by atoms with Crippen LogP contribution >= 0.6 is 0 Å². The van der Waals surface area contributed by atoms with E-state index in [1.807, 2.05) is 6.92 Å². The van der Waals surface area contributed by atoms with Gasteiger partial charge in [0.2, 0.25) is 0 Å². The van der Waals surface area contributed by atoms with Gasteiger partial charge in [-0.2, -0.15) is 0 Å². The Hall–Kier alpha value is -0.940. The van der Waals surface area contributed by atoms with Crippen molar-refractivity contribution in [2.24, 2.45) is 0 Å². The summed E-state index contributed by atoms with van der Waals surface area (Å²) in [7, 11) is 0. The highest BCUT2D eigenvalue weighted by Crippen LogP contribution is 2.13. The number of aromatic nitrogens is 3. The van der Waals surface area contributed by atoms with Crippen LogP contribution in [-0.4, -0.2) is 32.5 Å². The minimum atomic E-state index is -0.197. The van der Waals surface area contributed by atoms with Crippen molar-refractivity contribution in [1.82, 2.24) is 20.1 Å². The van der Waals surface area contributed by atoms with Crippen molar-refractivity contribution in [1.29, 1.82) is 0 Å². The fraction of sp³-hybridized carbons (Fsp3) is 0.833. The first-order valence-electron chi connectivity index (χ1n) is 6.57. The highest BCUT2D eigenvalue weighted by molar-refractivity contribution is 4.98.